The summed E-state index contributed by atoms with van der Waals surface area (Å²) in [6.45, 7) is 0.414. The van der Waals surface area contributed by atoms with Crippen molar-refractivity contribution in [1.82, 2.24) is 19.6 Å². The van der Waals surface area contributed by atoms with E-state index in [-0.39, 0.29) is 5.69 Å². The number of methoxy groups -OCH3 is 1. The number of aromatic amines is 1. The second-order valence-electron chi connectivity index (χ2n) is 2.57. The van der Waals surface area contributed by atoms with Gasteiger partial charge in [-0.15, -0.1) is 0 Å². The molecule has 6 nitrogen and oxygen atoms in total. The topological polar surface area (TPSA) is 72.3 Å². The number of rotatable bonds is 2. The van der Waals surface area contributed by atoms with Crippen LogP contribution in [0.2, 0.25) is 0 Å². The molecular weight excluding hydrogens is 172 g/mol. The first kappa shape index (κ1) is 7.93. The number of hydrogen-bond acceptors (Lipinski definition) is 4. The van der Waals surface area contributed by atoms with E-state index in [2.05, 4.69) is 15.2 Å². The Balaban J connectivity index is 2.57. The second kappa shape index (κ2) is 2.98. The summed E-state index contributed by atoms with van der Waals surface area (Å²) in [5, 5.41) is 6.11. The van der Waals surface area contributed by atoms with Crippen LogP contribution in [-0.2, 0) is 11.3 Å². The van der Waals surface area contributed by atoms with Crippen molar-refractivity contribution in [3.05, 3.63) is 28.6 Å². The lowest BCUT2D eigenvalue weighted by Crippen LogP contribution is -2.09. The predicted molar refractivity (Wildman–Crippen MR) is 44.3 cm³/mol. The number of ether oxygens (including phenoxy) is 1. The molecule has 0 fully saturated rings. The van der Waals surface area contributed by atoms with Crippen LogP contribution < -0.4 is 5.69 Å². The van der Waals surface area contributed by atoms with Gasteiger partial charge in [-0.25, -0.2) is 19.3 Å². The van der Waals surface area contributed by atoms with E-state index in [1.165, 1.54) is 10.7 Å². The Morgan fingerprint density at radius 2 is 2.54 bits per heavy atom. The minimum Gasteiger partial charge on any atom is -0.378 e. The van der Waals surface area contributed by atoms with E-state index in [4.69, 9.17) is 4.74 Å². The highest BCUT2D eigenvalue weighted by Crippen LogP contribution is 1.99. The standard InChI is InChI=1S/C7H8N4O2/c1-13-3-5-2-6-9-10-7(12)11(6)4-8-5/h2,4H,3H2,1H3,(H,10,12). The van der Waals surface area contributed by atoms with Gasteiger partial charge in [-0.3, -0.25) is 0 Å². The van der Waals surface area contributed by atoms with E-state index in [1.54, 1.807) is 13.2 Å². The van der Waals surface area contributed by atoms with Gasteiger partial charge >= 0.3 is 5.69 Å². The largest absolute Gasteiger partial charge is 0.378 e. The van der Waals surface area contributed by atoms with Crippen molar-refractivity contribution < 1.29 is 4.74 Å². The van der Waals surface area contributed by atoms with E-state index < -0.39 is 0 Å². The molecule has 68 valence electrons. The Labute approximate surface area is 73.2 Å². The fourth-order valence-corrected chi connectivity index (χ4v) is 1.08. The number of fused-ring (bicyclic) bond motifs is 1. The van der Waals surface area contributed by atoms with Crippen LogP contribution in [0.5, 0.6) is 0 Å². The maximum absolute atomic E-state index is 11.0. The number of H-pyrrole nitrogens is 1. The molecule has 0 bridgehead atoms. The molecule has 2 aromatic rings. The zero-order valence-corrected chi connectivity index (χ0v) is 7.02. The molecule has 0 saturated carbocycles. The van der Waals surface area contributed by atoms with Crippen molar-refractivity contribution in [1.29, 1.82) is 0 Å². The summed E-state index contributed by atoms with van der Waals surface area (Å²) in [5.74, 6) is 0. The van der Waals surface area contributed by atoms with Crippen LogP contribution in [-0.4, -0.2) is 26.7 Å². The lowest BCUT2D eigenvalue weighted by atomic mass is 10.4. The van der Waals surface area contributed by atoms with Crippen LogP contribution in [0.15, 0.2) is 17.2 Å². The van der Waals surface area contributed by atoms with Crippen LogP contribution in [0.1, 0.15) is 5.69 Å². The molecule has 13 heavy (non-hydrogen) atoms. The van der Waals surface area contributed by atoms with Gasteiger partial charge in [0.1, 0.15) is 6.33 Å². The molecule has 0 atom stereocenters. The first-order valence-corrected chi connectivity index (χ1v) is 3.72. The molecule has 0 spiro atoms. The number of nitrogens with zero attached hydrogens (tertiary/aromatic N) is 3. The molecular formula is C7H8N4O2. The van der Waals surface area contributed by atoms with Crippen molar-refractivity contribution in [2.75, 3.05) is 7.11 Å². The first-order valence-electron chi connectivity index (χ1n) is 3.72. The van der Waals surface area contributed by atoms with E-state index in [0.717, 1.165) is 5.69 Å². The fraction of sp³-hybridized carbons (Fsp3) is 0.286. The van der Waals surface area contributed by atoms with Crippen molar-refractivity contribution >= 4 is 5.65 Å². The summed E-state index contributed by atoms with van der Waals surface area (Å²) in [4.78, 5) is 15.0. The lowest BCUT2D eigenvalue weighted by molar-refractivity contribution is 0.181. The van der Waals surface area contributed by atoms with Crippen LogP contribution in [0.4, 0.5) is 0 Å². The normalized spacial score (nSPS) is 10.8. The van der Waals surface area contributed by atoms with Crippen molar-refractivity contribution in [3.8, 4) is 0 Å². The molecule has 0 radical (unpaired) electrons. The van der Waals surface area contributed by atoms with Gasteiger partial charge < -0.3 is 4.74 Å². The summed E-state index contributed by atoms with van der Waals surface area (Å²) < 4.78 is 6.23. The Bertz CT molecular complexity index is 473. The third-order valence-electron chi connectivity index (χ3n) is 1.66. The monoisotopic (exact) mass is 180 g/mol. The van der Waals surface area contributed by atoms with Gasteiger partial charge in [0, 0.05) is 13.2 Å². The van der Waals surface area contributed by atoms with Gasteiger partial charge in [0.25, 0.3) is 0 Å². The van der Waals surface area contributed by atoms with Crippen molar-refractivity contribution in [2.24, 2.45) is 0 Å². The summed E-state index contributed by atoms with van der Waals surface area (Å²) in [6.07, 6.45) is 1.43. The predicted octanol–water partition coefficient (Wildman–Crippen LogP) is -0.436. The Kier molecular flexibility index (Phi) is 1.82. The molecule has 0 saturated heterocycles. The molecule has 2 rings (SSSR count). The summed E-state index contributed by atoms with van der Waals surface area (Å²) in [6, 6.07) is 1.70. The quantitative estimate of drug-likeness (QED) is 0.680. The maximum Gasteiger partial charge on any atom is 0.348 e. The molecule has 1 N–H and O–H groups in total. The lowest BCUT2D eigenvalue weighted by Gasteiger charge is -1.97. The van der Waals surface area contributed by atoms with Gasteiger partial charge in [0.15, 0.2) is 5.65 Å². The average molecular weight is 180 g/mol. The van der Waals surface area contributed by atoms with Gasteiger partial charge in [-0.05, 0) is 0 Å². The van der Waals surface area contributed by atoms with E-state index >= 15 is 0 Å². The minimum absolute atomic E-state index is 0.286. The van der Waals surface area contributed by atoms with Gasteiger partial charge in [0.2, 0.25) is 0 Å². The summed E-state index contributed by atoms with van der Waals surface area (Å²) in [5.41, 5.74) is 1.01. The zero-order valence-electron chi connectivity index (χ0n) is 7.02. The minimum atomic E-state index is -0.286. The highest BCUT2D eigenvalue weighted by Gasteiger charge is 2.01. The SMILES string of the molecule is COCc1cc2n[nH]c(=O)n2cn1. The van der Waals surface area contributed by atoms with Gasteiger partial charge in [-0.2, -0.15) is 5.10 Å². The van der Waals surface area contributed by atoms with Crippen molar-refractivity contribution in [3.63, 3.8) is 0 Å². The second-order valence-corrected chi connectivity index (χ2v) is 2.57. The highest BCUT2D eigenvalue weighted by atomic mass is 16.5. The third-order valence-corrected chi connectivity index (χ3v) is 1.66. The van der Waals surface area contributed by atoms with E-state index in [9.17, 15) is 4.79 Å². The summed E-state index contributed by atoms with van der Waals surface area (Å²) in [7, 11) is 1.59. The number of aromatic nitrogens is 4. The van der Waals surface area contributed by atoms with Crippen LogP contribution in [0, 0.1) is 0 Å². The molecule has 6 heteroatoms. The molecule has 2 aromatic heterocycles. The van der Waals surface area contributed by atoms with Gasteiger partial charge in [0.05, 0.1) is 12.3 Å². The summed E-state index contributed by atoms with van der Waals surface area (Å²) >= 11 is 0. The Hall–Kier alpha value is -1.69. The Morgan fingerprint density at radius 1 is 1.69 bits per heavy atom. The maximum atomic E-state index is 11.0. The van der Waals surface area contributed by atoms with Crippen LogP contribution >= 0.6 is 0 Å². The molecule has 2 heterocycles. The van der Waals surface area contributed by atoms with Gasteiger partial charge in [-0.1, -0.05) is 0 Å². The van der Waals surface area contributed by atoms with E-state index in [0.29, 0.717) is 12.3 Å². The smallest absolute Gasteiger partial charge is 0.348 e. The van der Waals surface area contributed by atoms with E-state index in [1.807, 2.05) is 0 Å². The van der Waals surface area contributed by atoms with Crippen molar-refractivity contribution in [2.45, 2.75) is 6.61 Å². The molecule has 0 aliphatic carbocycles. The first-order chi connectivity index (χ1) is 6.31. The molecule has 0 aromatic carbocycles. The molecule has 0 aliphatic heterocycles. The number of hydrogen-bond donors (Lipinski definition) is 1. The van der Waals surface area contributed by atoms with Crippen LogP contribution in [0.25, 0.3) is 5.65 Å². The highest BCUT2D eigenvalue weighted by molar-refractivity contribution is 5.36. The third kappa shape index (κ3) is 1.31. The molecule has 0 aliphatic rings. The fourth-order valence-electron chi connectivity index (χ4n) is 1.08. The average Bonchev–Trinajstić information content (AvgIpc) is 2.48. The zero-order chi connectivity index (χ0) is 9.26. The Morgan fingerprint density at radius 3 is 3.31 bits per heavy atom. The number of nitrogens with one attached hydrogen (secondary N) is 1. The molecule has 0 amide bonds. The van der Waals surface area contributed by atoms with Crippen LogP contribution in [0.3, 0.4) is 0 Å². The molecule has 0 unspecified atom stereocenters.